The summed E-state index contributed by atoms with van der Waals surface area (Å²) in [5.41, 5.74) is 0. The molecule has 2 aliphatic heterocycles. The van der Waals surface area contributed by atoms with Gasteiger partial charge in [0.1, 0.15) is 0 Å². The predicted molar refractivity (Wildman–Crippen MR) is 57.7 cm³/mol. The van der Waals surface area contributed by atoms with Gasteiger partial charge in [0.2, 0.25) is 0 Å². The second-order valence-corrected chi connectivity index (χ2v) is 4.90. The van der Waals surface area contributed by atoms with Crippen LogP contribution in [-0.2, 0) is 0 Å². The summed E-state index contributed by atoms with van der Waals surface area (Å²) >= 11 is 0. The molecule has 84 valence electrons. The van der Waals surface area contributed by atoms with Crippen LogP contribution in [-0.4, -0.2) is 54.1 Å². The molecule has 1 atom stereocenters. The van der Waals surface area contributed by atoms with E-state index in [0.29, 0.717) is 18.1 Å². The summed E-state index contributed by atoms with van der Waals surface area (Å²) in [7, 11) is 0. The molecule has 2 amide bonds. The molecule has 2 heterocycles. The van der Waals surface area contributed by atoms with Crippen LogP contribution in [0.1, 0.15) is 25.7 Å². The number of urea groups is 1. The normalized spacial score (nSPS) is 32.5. The summed E-state index contributed by atoms with van der Waals surface area (Å²) in [5.74, 6) is 0. The van der Waals surface area contributed by atoms with E-state index in [1.165, 1.54) is 12.8 Å². The Balaban J connectivity index is 1.68. The monoisotopic (exact) mass is 209 g/mol. The lowest BCUT2D eigenvalue weighted by molar-refractivity contribution is 0.109. The Morgan fingerprint density at radius 3 is 2.40 bits per heavy atom. The first kappa shape index (κ1) is 9.46. The summed E-state index contributed by atoms with van der Waals surface area (Å²) in [6, 6.07) is 1.34. The number of hydrogen-bond acceptors (Lipinski definition) is 2. The van der Waals surface area contributed by atoms with Gasteiger partial charge in [0, 0.05) is 31.7 Å². The van der Waals surface area contributed by atoms with Crippen LogP contribution in [0.2, 0.25) is 0 Å². The first-order chi connectivity index (χ1) is 7.36. The van der Waals surface area contributed by atoms with Crippen LogP contribution in [0.15, 0.2) is 0 Å². The van der Waals surface area contributed by atoms with E-state index < -0.39 is 0 Å². The van der Waals surface area contributed by atoms with Gasteiger partial charge in [0.05, 0.1) is 0 Å². The van der Waals surface area contributed by atoms with Crippen LogP contribution in [0.25, 0.3) is 0 Å². The van der Waals surface area contributed by atoms with Crippen molar-refractivity contribution < 1.29 is 4.79 Å². The fraction of sp³-hybridized carbons (Fsp3) is 0.909. The topological polar surface area (TPSA) is 35.6 Å². The second-order valence-electron chi connectivity index (χ2n) is 4.90. The highest BCUT2D eigenvalue weighted by molar-refractivity contribution is 5.76. The maximum absolute atomic E-state index is 12.2. The average molecular weight is 209 g/mol. The van der Waals surface area contributed by atoms with E-state index in [9.17, 15) is 4.79 Å². The van der Waals surface area contributed by atoms with Gasteiger partial charge in [-0.3, -0.25) is 0 Å². The fourth-order valence-electron chi connectivity index (χ4n) is 2.74. The number of hydrogen-bond donors (Lipinski definition) is 1. The first-order valence-electron chi connectivity index (χ1n) is 6.14. The molecule has 0 aromatic carbocycles. The van der Waals surface area contributed by atoms with Crippen molar-refractivity contribution in [3.8, 4) is 0 Å². The van der Waals surface area contributed by atoms with Gasteiger partial charge in [-0.05, 0) is 32.2 Å². The highest BCUT2D eigenvalue weighted by Crippen LogP contribution is 2.30. The molecule has 4 heteroatoms. The van der Waals surface area contributed by atoms with Crippen LogP contribution in [0.4, 0.5) is 4.79 Å². The molecule has 1 saturated carbocycles. The van der Waals surface area contributed by atoms with Crippen molar-refractivity contribution in [2.24, 2.45) is 0 Å². The molecule has 4 nitrogen and oxygen atoms in total. The molecular weight excluding hydrogens is 190 g/mol. The fourth-order valence-corrected chi connectivity index (χ4v) is 2.74. The Hall–Kier alpha value is -0.770. The van der Waals surface area contributed by atoms with Crippen molar-refractivity contribution in [1.82, 2.24) is 15.1 Å². The quantitative estimate of drug-likeness (QED) is 0.724. The van der Waals surface area contributed by atoms with E-state index in [4.69, 9.17) is 0 Å². The van der Waals surface area contributed by atoms with E-state index in [0.717, 1.165) is 39.0 Å². The smallest absolute Gasteiger partial charge is 0.320 e. The molecule has 15 heavy (non-hydrogen) atoms. The number of rotatable bonds is 2. The molecule has 1 unspecified atom stereocenters. The van der Waals surface area contributed by atoms with Gasteiger partial charge in [-0.25, -0.2) is 4.79 Å². The van der Waals surface area contributed by atoms with Gasteiger partial charge in [-0.15, -0.1) is 0 Å². The Bertz CT molecular complexity index is 259. The third kappa shape index (κ3) is 1.71. The van der Waals surface area contributed by atoms with Crippen molar-refractivity contribution in [3.63, 3.8) is 0 Å². The van der Waals surface area contributed by atoms with Gasteiger partial charge in [-0.1, -0.05) is 0 Å². The molecular formula is C11H19N3O. The molecule has 0 aromatic heterocycles. The Kier molecular flexibility index (Phi) is 2.31. The number of nitrogens with one attached hydrogen (secondary N) is 1. The summed E-state index contributed by atoms with van der Waals surface area (Å²) in [4.78, 5) is 16.4. The Morgan fingerprint density at radius 2 is 1.80 bits per heavy atom. The lowest BCUT2D eigenvalue weighted by Gasteiger charge is -2.39. The standard InChI is InChI=1S/C11H19N3O/c15-11-13(9-2-3-9)6-1-7-14(11)10-4-5-12-8-10/h9-10,12H,1-8H2. The molecule has 1 N–H and O–H groups in total. The minimum Gasteiger partial charge on any atom is -0.322 e. The van der Waals surface area contributed by atoms with Gasteiger partial charge in [0.25, 0.3) is 0 Å². The lowest BCUT2D eigenvalue weighted by atomic mass is 10.2. The minimum atomic E-state index is 0.303. The van der Waals surface area contributed by atoms with Gasteiger partial charge in [0.15, 0.2) is 0 Å². The molecule has 0 aromatic rings. The molecule has 2 saturated heterocycles. The van der Waals surface area contributed by atoms with E-state index in [1.54, 1.807) is 0 Å². The van der Waals surface area contributed by atoms with E-state index in [1.807, 2.05) is 0 Å². The molecule has 0 radical (unpaired) electrons. The molecule has 3 rings (SSSR count). The van der Waals surface area contributed by atoms with Crippen molar-refractivity contribution >= 4 is 6.03 Å². The van der Waals surface area contributed by atoms with Crippen LogP contribution < -0.4 is 5.32 Å². The first-order valence-corrected chi connectivity index (χ1v) is 6.14. The predicted octanol–water partition coefficient (Wildman–Crippen LogP) is 0.638. The third-order valence-electron chi connectivity index (χ3n) is 3.75. The highest BCUT2D eigenvalue weighted by Gasteiger charge is 2.39. The van der Waals surface area contributed by atoms with Gasteiger partial charge in [-0.2, -0.15) is 0 Å². The summed E-state index contributed by atoms with van der Waals surface area (Å²) < 4.78 is 0. The SMILES string of the molecule is O=C1N(C2CC2)CCCN1C1CCNC1. The van der Waals surface area contributed by atoms with Gasteiger partial charge < -0.3 is 15.1 Å². The number of carbonyl (C=O) groups excluding carboxylic acids is 1. The van der Waals surface area contributed by atoms with Crippen molar-refractivity contribution in [2.45, 2.75) is 37.8 Å². The van der Waals surface area contributed by atoms with E-state index >= 15 is 0 Å². The molecule has 3 aliphatic rings. The lowest BCUT2D eigenvalue weighted by Crippen LogP contribution is -2.54. The van der Waals surface area contributed by atoms with Crippen LogP contribution in [0.5, 0.6) is 0 Å². The highest BCUT2D eigenvalue weighted by atomic mass is 16.2. The number of nitrogens with zero attached hydrogens (tertiary/aromatic N) is 2. The van der Waals surface area contributed by atoms with Crippen LogP contribution >= 0.6 is 0 Å². The van der Waals surface area contributed by atoms with E-state index in [-0.39, 0.29) is 0 Å². The molecule has 0 spiro atoms. The minimum absolute atomic E-state index is 0.303. The molecule has 0 bridgehead atoms. The average Bonchev–Trinajstić information content (AvgIpc) is 2.94. The zero-order valence-corrected chi connectivity index (χ0v) is 9.11. The number of carbonyl (C=O) groups is 1. The summed E-state index contributed by atoms with van der Waals surface area (Å²) in [5, 5.41) is 3.34. The van der Waals surface area contributed by atoms with Crippen LogP contribution in [0, 0.1) is 0 Å². The largest absolute Gasteiger partial charge is 0.322 e. The summed E-state index contributed by atoms with van der Waals surface area (Å²) in [6.07, 6.45) is 4.73. The Labute approximate surface area is 90.6 Å². The van der Waals surface area contributed by atoms with Gasteiger partial charge >= 0.3 is 6.03 Å². The van der Waals surface area contributed by atoms with Crippen molar-refractivity contribution in [3.05, 3.63) is 0 Å². The van der Waals surface area contributed by atoms with Crippen LogP contribution in [0.3, 0.4) is 0 Å². The maximum atomic E-state index is 12.2. The maximum Gasteiger partial charge on any atom is 0.320 e. The zero-order valence-electron chi connectivity index (χ0n) is 9.11. The van der Waals surface area contributed by atoms with E-state index in [2.05, 4.69) is 15.1 Å². The summed E-state index contributed by atoms with van der Waals surface area (Å²) in [6.45, 7) is 4.01. The second kappa shape index (κ2) is 3.67. The third-order valence-corrected chi connectivity index (χ3v) is 3.75. The Morgan fingerprint density at radius 1 is 1.07 bits per heavy atom. The zero-order chi connectivity index (χ0) is 10.3. The number of amides is 2. The van der Waals surface area contributed by atoms with Crippen molar-refractivity contribution in [2.75, 3.05) is 26.2 Å². The molecule has 3 fully saturated rings. The molecule has 1 aliphatic carbocycles. The van der Waals surface area contributed by atoms with Crippen molar-refractivity contribution in [1.29, 1.82) is 0 Å².